The van der Waals surface area contributed by atoms with Crippen LogP contribution in [0.15, 0.2) is 69.6 Å². The number of hydrogen-bond acceptors (Lipinski definition) is 5. The Morgan fingerprint density at radius 2 is 1.65 bits per heavy atom. The molecule has 0 unspecified atom stereocenters. The average Bonchev–Trinajstić information content (AvgIpc) is 3.48. The minimum Gasteiger partial charge on any atom is -0.454 e. The lowest BCUT2D eigenvalue weighted by atomic mass is 10.2. The fourth-order valence-electron chi connectivity index (χ4n) is 3.89. The van der Waals surface area contributed by atoms with Crippen LogP contribution >= 0.6 is 31.9 Å². The molecule has 0 bridgehead atoms. The quantitative estimate of drug-likeness (QED) is 0.274. The van der Waals surface area contributed by atoms with Crippen LogP contribution in [0.5, 0.6) is 11.5 Å². The Kier molecular flexibility index (Phi) is 6.90. The second-order valence-electron chi connectivity index (χ2n) is 8.29. The summed E-state index contributed by atoms with van der Waals surface area (Å²) in [5, 5.41) is 6.16. The first-order chi connectivity index (χ1) is 17.8. The number of aryl methyl sites for hydroxylation is 1. The molecule has 0 saturated carbocycles. The zero-order valence-electron chi connectivity index (χ0n) is 19.4. The molecule has 2 heterocycles. The Bertz CT molecular complexity index is 1570. The zero-order valence-corrected chi connectivity index (χ0v) is 22.6. The molecule has 1 aromatic heterocycles. The van der Waals surface area contributed by atoms with Gasteiger partial charge < -0.3 is 20.1 Å². The molecule has 5 rings (SSSR count). The van der Waals surface area contributed by atoms with Gasteiger partial charge in [0, 0.05) is 26.6 Å². The minimum absolute atomic E-state index is 0.110. The van der Waals surface area contributed by atoms with E-state index in [9.17, 15) is 14.4 Å². The molecule has 4 aromatic rings. The van der Waals surface area contributed by atoms with Gasteiger partial charge in [-0.05, 0) is 72.6 Å². The Morgan fingerprint density at radius 3 is 2.46 bits per heavy atom. The maximum Gasteiger partial charge on any atom is 0.328 e. The number of benzene rings is 3. The van der Waals surface area contributed by atoms with Crippen molar-refractivity contribution in [2.75, 3.05) is 17.5 Å². The first kappa shape index (κ1) is 24.8. The standard InChI is InChI=1S/C26H20Br2N4O5/c1-14-8-17(27)3-5-19(14)30-24(33)21-11-16-10-18(28)4-6-20(16)32(21)31-26(35)25(34)29-12-15-2-7-22-23(9-15)37-13-36-22/h2-11H,12-13H2,1H3,(H,29,34)(H,30,33)(H,31,35). The van der Waals surface area contributed by atoms with E-state index >= 15 is 0 Å². The molecule has 0 saturated heterocycles. The second kappa shape index (κ2) is 10.3. The van der Waals surface area contributed by atoms with Crippen molar-refractivity contribution in [2.24, 2.45) is 0 Å². The maximum atomic E-state index is 13.3. The number of fused-ring (bicyclic) bond motifs is 2. The summed E-state index contributed by atoms with van der Waals surface area (Å²) in [6, 6.07) is 17.7. The maximum absolute atomic E-state index is 13.3. The Hall–Kier alpha value is -3.83. The third-order valence-corrected chi connectivity index (χ3v) is 6.73. The minimum atomic E-state index is -0.921. The van der Waals surface area contributed by atoms with Crippen LogP contribution in [-0.2, 0) is 16.1 Å². The molecule has 3 aromatic carbocycles. The number of aromatic nitrogens is 1. The Morgan fingerprint density at radius 1 is 0.892 bits per heavy atom. The number of nitrogens with zero attached hydrogens (tertiary/aromatic N) is 1. The average molecular weight is 628 g/mol. The highest BCUT2D eigenvalue weighted by Crippen LogP contribution is 2.32. The predicted molar refractivity (Wildman–Crippen MR) is 145 cm³/mol. The van der Waals surface area contributed by atoms with Gasteiger partial charge in [-0.15, -0.1) is 0 Å². The van der Waals surface area contributed by atoms with Crippen LogP contribution < -0.4 is 25.5 Å². The van der Waals surface area contributed by atoms with Gasteiger partial charge in [0.1, 0.15) is 5.69 Å². The summed E-state index contributed by atoms with van der Waals surface area (Å²) in [4.78, 5) is 38.7. The van der Waals surface area contributed by atoms with E-state index in [0.717, 1.165) is 20.1 Å². The lowest BCUT2D eigenvalue weighted by Crippen LogP contribution is -2.39. The van der Waals surface area contributed by atoms with Crippen LogP contribution in [0.4, 0.5) is 5.69 Å². The molecule has 0 atom stereocenters. The molecule has 0 radical (unpaired) electrons. The van der Waals surface area contributed by atoms with Gasteiger partial charge in [0.25, 0.3) is 5.91 Å². The van der Waals surface area contributed by atoms with E-state index in [4.69, 9.17) is 9.47 Å². The molecule has 9 nitrogen and oxygen atoms in total. The number of carbonyl (C=O) groups is 3. The normalized spacial score (nSPS) is 11.9. The molecule has 0 fully saturated rings. The van der Waals surface area contributed by atoms with Crippen molar-refractivity contribution in [1.82, 2.24) is 9.99 Å². The number of ether oxygens (including phenoxy) is 2. The lowest BCUT2D eigenvalue weighted by molar-refractivity contribution is -0.136. The first-order valence-electron chi connectivity index (χ1n) is 11.1. The van der Waals surface area contributed by atoms with E-state index < -0.39 is 17.7 Å². The first-order valence-corrected chi connectivity index (χ1v) is 12.7. The lowest BCUT2D eigenvalue weighted by Gasteiger charge is -2.14. The highest BCUT2D eigenvalue weighted by atomic mass is 79.9. The summed E-state index contributed by atoms with van der Waals surface area (Å²) in [7, 11) is 0. The SMILES string of the molecule is Cc1cc(Br)ccc1NC(=O)c1cc2cc(Br)ccc2n1NC(=O)C(=O)NCc1ccc2c(c1)OCO2. The topological polar surface area (TPSA) is 111 Å². The number of hydrogen-bond donors (Lipinski definition) is 3. The van der Waals surface area contributed by atoms with Gasteiger partial charge in [-0.25, -0.2) is 4.68 Å². The third kappa shape index (κ3) is 5.32. The summed E-state index contributed by atoms with van der Waals surface area (Å²) in [5.74, 6) is -1.01. The zero-order chi connectivity index (χ0) is 26.1. The van der Waals surface area contributed by atoms with Crippen molar-refractivity contribution in [3.05, 3.63) is 86.4 Å². The fraction of sp³-hybridized carbons (Fsp3) is 0.115. The number of carbonyl (C=O) groups excluding carboxylic acids is 3. The smallest absolute Gasteiger partial charge is 0.328 e. The molecule has 1 aliphatic rings. The van der Waals surface area contributed by atoms with Gasteiger partial charge in [-0.3, -0.25) is 19.8 Å². The van der Waals surface area contributed by atoms with Crippen molar-refractivity contribution < 1.29 is 23.9 Å². The fourth-order valence-corrected chi connectivity index (χ4v) is 4.75. The second-order valence-corrected chi connectivity index (χ2v) is 10.1. The molecule has 3 amide bonds. The molecular weight excluding hydrogens is 608 g/mol. The molecule has 3 N–H and O–H groups in total. The van der Waals surface area contributed by atoms with Crippen molar-refractivity contribution in [2.45, 2.75) is 13.5 Å². The summed E-state index contributed by atoms with van der Waals surface area (Å²) in [5.41, 5.74) is 5.50. The van der Waals surface area contributed by atoms with Crippen LogP contribution in [-0.4, -0.2) is 29.2 Å². The van der Waals surface area contributed by atoms with Gasteiger partial charge in [0.15, 0.2) is 11.5 Å². The van der Waals surface area contributed by atoms with Crippen LogP contribution in [0.2, 0.25) is 0 Å². The van der Waals surface area contributed by atoms with Crippen LogP contribution in [0, 0.1) is 6.92 Å². The molecule has 0 aliphatic carbocycles. The highest BCUT2D eigenvalue weighted by Gasteiger charge is 2.22. The van der Waals surface area contributed by atoms with Crippen LogP contribution in [0.3, 0.4) is 0 Å². The molecule has 1 aliphatic heterocycles. The molecule has 37 heavy (non-hydrogen) atoms. The van der Waals surface area contributed by atoms with Gasteiger partial charge in [0.2, 0.25) is 6.79 Å². The summed E-state index contributed by atoms with van der Waals surface area (Å²) < 4.78 is 13.6. The van der Waals surface area contributed by atoms with Gasteiger partial charge in [-0.1, -0.05) is 37.9 Å². The summed E-state index contributed by atoms with van der Waals surface area (Å²) in [6.07, 6.45) is 0. The Balaban J connectivity index is 1.35. The van der Waals surface area contributed by atoms with Gasteiger partial charge in [-0.2, -0.15) is 0 Å². The largest absolute Gasteiger partial charge is 0.454 e. The summed E-state index contributed by atoms with van der Waals surface area (Å²) in [6.45, 7) is 2.13. The predicted octanol–water partition coefficient (Wildman–Crippen LogP) is 4.84. The van der Waals surface area contributed by atoms with E-state index in [1.807, 2.05) is 25.1 Å². The third-order valence-electron chi connectivity index (χ3n) is 5.74. The molecule has 11 heteroatoms. The van der Waals surface area contributed by atoms with E-state index in [2.05, 4.69) is 47.9 Å². The summed E-state index contributed by atoms with van der Waals surface area (Å²) >= 11 is 6.84. The van der Waals surface area contributed by atoms with Crippen molar-refractivity contribution in [3.63, 3.8) is 0 Å². The van der Waals surface area contributed by atoms with E-state index in [1.54, 1.807) is 42.5 Å². The van der Waals surface area contributed by atoms with Gasteiger partial charge >= 0.3 is 11.8 Å². The number of nitrogens with one attached hydrogen (secondary N) is 3. The number of rotatable bonds is 5. The molecule has 0 spiro atoms. The molecule has 188 valence electrons. The van der Waals surface area contributed by atoms with Gasteiger partial charge in [0.05, 0.1) is 5.52 Å². The van der Waals surface area contributed by atoms with Crippen molar-refractivity contribution in [3.8, 4) is 11.5 Å². The van der Waals surface area contributed by atoms with Crippen LogP contribution in [0.25, 0.3) is 10.9 Å². The van der Waals surface area contributed by atoms with Crippen molar-refractivity contribution >= 4 is 66.2 Å². The van der Waals surface area contributed by atoms with Crippen molar-refractivity contribution in [1.29, 1.82) is 0 Å². The Labute approximate surface area is 228 Å². The number of amides is 3. The molecular formula is C26H20Br2N4O5. The number of halogens is 2. The monoisotopic (exact) mass is 626 g/mol. The van der Waals surface area contributed by atoms with E-state index in [0.29, 0.717) is 28.1 Å². The van der Waals surface area contributed by atoms with E-state index in [-0.39, 0.29) is 19.0 Å². The number of anilines is 1. The van der Waals surface area contributed by atoms with Crippen LogP contribution in [0.1, 0.15) is 21.6 Å². The van der Waals surface area contributed by atoms with E-state index in [1.165, 1.54) is 4.68 Å². The highest BCUT2D eigenvalue weighted by molar-refractivity contribution is 9.10.